The van der Waals surface area contributed by atoms with Crippen molar-refractivity contribution in [3.63, 3.8) is 0 Å². The van der Waals surface area contributed by atoms with E-state index in [0.717, 1.165) is 18.2 Å². The third kappa shape index (κ3) is 3.60. The maximum Gasteiger partial charge on any atom is 0.203 e. The monoisotopic (exact) mass is 257 g/mol. The maximum atomic E-state index is 4.55. The molecule has 1 atom stereocenters. The first-order valence-corrected chi connectivity index (χ1v) is 6.91. The summed E-state index contributed by atoms with van der Waals surface area (Å²) in [5.74, 6) is 1.44. The molecule has 0 aliphatic carbocycles. The number of anilines is 1. The van der Waals surface area contributed by atoms with Crippen LogP contribution in [0.25, 0.3) is 0 Å². The van der Waals surface area contributed by atoms with Crippen LogP contribution in [0.1, 0.15) is 37.9 Å². The Morgan fingerprint density at radius 1 is 1.16 bits per heavy atom. The van der Waals surface area contributed by atoms with E-state index in [1.54, 1.807) is 0 Å². The normalized spacial score (nSPS) is 12.7. The zero-order valence-corrected chi connectivity index (χ0v) is 12.2. The molecule has 1 N–H and O–H groups in total. The highest BCUT2D eigenvalue weighted by molar-refractivity contribution is 5.30. The molecule has 0 aliphatic heterocycles. The number of rotatable bonds is 5. The van der Waals surface area contributed by atoms with Gasteiger partial charge in [-0.05, 0) is 32.3 Å². The Bertz CT molecular complexity index is 514. The summed E-state index contributed by atoms with van der Waals surface area (Å²) in [4.78, 5) is 4.55. The Morgan fingerprint density at radius 2 is 1.84 bits per heavy atom. The lowest BCUT2D eigenvalue weighted by Crippen LogP contribution is -2.16. The number of imidazole rings is 1. The van der Waals surface area contributed by atoms with Gasteiger partial charge in [-0.2, -0.15) is 0 Å². The molecule has 1 aromatic heterocycles. The first kappa shape index (κ1) is 13.7. The van der Waals surface area contributed by atoms with Crippen LogP contribution in [0, 0.1) is 6.92 Å². The van der Waals surface area contributed by atoms with E-state index < -0.39 is 0 Å². The number of aryl methyl sites for hydroxylation is 1. The number of hydrogen-bond acceptors (Lipinski definition) is 2. The average Bonchev–Trinajstić information content (AvgIpc) is 2.69. The van der Waals surface area contributed by atoms with Crippen molar-refractivity contribution >= 4 is 5.95 Å². The topological polar surface area (TPSA) is 29.9 Å². The van der Waals surface area contributed by atoms with Crippen molar-refractivity contribution in [1.29, 1.82) is 0 Å². The molecular weight excluding hydrogens is 234 g/mol. The number of nitrogens with zero attached hydrogens (tertiary/aromatic N) is 2. The smallest absolute Gasteiger partial charge is 0.203 e. The largest absolute Gasteiger partial charge is 0.353 e. The van der Waals surface area contributed by atoms with Crippen LogP contribution in [0.15, 0.2) is 36.5 Å². The van der Waals surface area contributed by atoms with Gasteiger partial charge in [-0.3, -0.25) is 0 Å². The van der Waals surface area contributed by atoms with Crippen molar-refractivity contribution in [3.8, 4) is 0 Å². The van der Waals surface area contributed by atoms with Gasteiger partial charge in [-0.25, -0.2) is 4.98 Å². The van der Waals surface area contributed by atoms with E-state index in [2.05, 4.69) is 72.2 Å². The molecule has 2 aromatic rings. The molecule has 102 valence electrons. The Hall–Kier alpha value is -1.77. The predicted octanol–water partition coefficient (Wildman–Crippen LogP) is 3.82. The summed E-state index contributed by atoms with van der Waals surface area (Å²) in [6.45, 7) is 9.50. The van der Waals surface area contributed by atoms with Crippen molar-refractivity contribution in [2.24, 2.45) is 0 Å². The molecule has 0 fully saturated rings. The first-order valence-electron chi connectivity index (χ1n) is 6.91. The lowest BCUT2D eigenvalue weighted by molar-refractivity contribution is 0.598. The molecule has 3 heteroatoms. The second-order valence-electron chi connectivity index (χ2n) is 5.47. The minimum Gasteiger partial charge on any atom is -0.353 e. The number of aromatic nitrogens is 2. The van der Waals surface area contributed by atoms with Crippen LogP contribution in [0.4, 0.5) is 5.95 Å². The van der Waals surface area contributed by atoms with Gasteiger partial charge in [0.15, 0.2) is 0 Å². The number of benzene rings is 1. The van der Waals surface area contributed by atoms with E-state index >= 15 is 0 Å². The molecule has 1 heterocycles. The minimum absolute atomic E-state index is 0.396. The van der Waals surface area contributed by atoms with Crippen molar-refractivity contribution in [2.75, 3.05) is 5.32 Å². The van der Waals surface area contributed by atoms with E-state index in [9.17, 15) is 0 Å². The summed E-state index contributed by atoms with van der Waals surface area (Å²) in [6, 6.07) is 11.0. The molecule has 2 rings (SSSR count). The molecule has 1 aromatic carbocycles. The second kappa shape index (κ2) is 5.91. The summed E-state index contributed by atoms with van der Waals surface area (Å²) in [5.41, 5.74) is 2.42. The highest BCUT2D eigenvalue weighted by atomic mass is 15.2. The second-order valence-corrected chi connectivity index (χ2v) is 5.47. The van der Waals surface area contributed by atoms with E-state index in [-0.39, 0.29) is 0 Å². The van der Waals surface area contributed by atoms with Gasteiger partial charge in [0, 0.05) is 18.8 Å². The summed E-state index contributed by atoms with van der Waals surface area (Å²) in [7, 11) is 0. The fraction of sp³-hybridized carbons (Fsp3) is 0.438. The van der Waals surface area contributed by atoms with Crippen LogP contribution in [0.3, 0.4) is 0 Å². The zero-order chi connectivity index (χ0) is 13.8. The third-order valence-electron chi connectivity index (χ3n) is 3.15. The maximum absolute atomic E-state index is 4.55. The SMILES string of the molecule is Cc1cn(CC(C)c2ccccc2)c(NC(C)C)n1. The average molecular weight is 257 g/mol. The van der Waals surface area contributed by atoms with Gasteiger partial charge in [-0.1, -0.05) is 37.3 Å². The van der Waals surface area contributed by atoms with Gasteiger partial charge in [0.25, 0.3) is 0 Å². The molecule has 0 bridgehead atoms. The fourth-order valence-corrected chi connectivity index (χ4v) is 2.24. The molecule has 1 unspecified atom stereocenters. The lowest BCUT2D eigenvalue weighted by atomic mass is 10.0. The van der Waals surface area contributed by atoms with Crippen LogP contribution in [-0.2, 0) is 6.54 Å². The molecule has 0 spiro atoms. The van der Waals surface area contributed by atoms with E-state index in [0.29, 0.717) is 12.0 Å². The third-order valence-corrected chi connectivity index (χ3v) is 3.15. The van der Waals surface area contributed by atoms with Crippen LogP contribution >= 0.6 is 0 Å². The zero-order valence-electron chi connectivity index (χ0n) is 12.2. The number of hydrogen-bond donors (Lipinski definition) is 1. The van der Waals surface area contributed by atoms with Crippen molar-refractivity contribution in [1.82, 2.24) is 9.55 Å². The van der Waals surface area contributed by atoms with Gasteiger partial charge < -0.3 is 9.88 Å². The van der Waals surface area contributed by atoms with Crippen molar-refractivity contribution in [2.45, 2.75) is 46.2 Å². The molecule has 0 aliphatic rings. The summed E-state index contributed by atoms with van der Waals surface area (Å²) >= 11 is 0. The molecule has 0 amide bonds. The van der Waals surface area contributed by atoms with Crippen LogP contribution in [-0.4, -0.2) is 15.6 Å². The molecule has 3 nitrogen and oxygen atoms in total. The Kier molecular flexibility index (Phi) is 4.25. The van der Waals surface area contributed by atoms with Gasteiger partial charge in [0.1, 0.15) is 0 Å². The standard InChI is InChI=1S/C16H23N3/c1-12(2)17-16-18-14(4)11-19(16)10-13(3)15-8-6-5-7-9-15/h5-9,11-13H,10H2,1-4H3,(H,17,18). The summed E-state index contributed by atoms with van der Waals surface area (Å²) in [6.07, 6.45) is 2.12. The molecule has 0 saturated heterocycles. The molecule has 0 radical (unpaired) electrons. The highest BCUT2D eigenvalue weighted by Crippen LogP contribution is 2.20. The van der Waals surface area contributed by atoms with Crippen LogP contribution in [0.2, 0.25) is 0 Å². The van der Waals surface area contributed by atoms with Gasteiger partial charge in [0.05, 0.1) is 5.69 Å². The molecular formula is C16H23N3. The van der Waals surface area contributed by atoms with Crippen LogP contribution in [0.5, 0.6) is 0 Å². The molecule has 19 heavy (non-hydrogen) atoms. The van der Waals surface area contributed by atoms with E-state index in [4.69, 9.17) is 0 Å². The summed E-state index contributed by atoms with van der Waals surface area (Å²) < 4.78 is 2.22. The fourth-order valence-electron chi connectivity index (χ4n) is 2.24. The number of nitrogens with one attached hydrogen (secondary N) is 1. The first-order chi connectivity index (χ1) is 9.06. The summed E-state index contributed by atoms with van der Waals surface area (Å²) in [5, 5.41) is 3.40. The minimum atomic E-state index is 0.396. The molecule has 0 saturated carbocycles. The van der Waals surface area contributed by atoms with Crippen molar-refractivity contribution in [3.05, 3.63) is 47.8 Å². The Morgan fingerprint density at radius 3 is 2.47 bits per heavy atom. The Labute approximate surface area is 115 Å². The lowest BCUT2D eigenvalue weighted by Gasteiger charge is -2.16. The van der Waals surface area contributed by atoms with Gasteiger partial charge >= 0.3 is 0 Å². The van der Waals surface area contributed by atoms with Gasteiger partial charge in [-0.15, -0.1) is 0 Å². The quantitative estimate of drug-likeness (QED) is 0.882. The van der Waals surface area contributed by atoms with E-state index in [1.165, 1.54) is 5.56 Å². The van der Waals surface area contributed by atoms with Crippen molar-refractivity contribution < 1.29 is 0 Å². The predicted molar refractivity (Wildman–Crippen MR) is 80.6 cm³/mol. The Balaban J connectivity index is 2.14. The highest BCUT2D eigenvalue weighted by Gasteiger charge is 2.11. The van der Waals surface area contributed by atoms with E-state index in [1.807, 2.05) is 6.92 Å². The van der Waals surface area contributed by atoms with Crippen LogP contribution < -0.4 is 5.32 Å². The van der Waals surface area contributed by atoms with Gasteiger partial charge in [0.2, 0.25) is 5.95 Å².